The summed E-state index contributed by atoms with van der Waals surface area (Å²) in [6, 6.07) is 20.9. The Morgan fingerprint density at radius 3 is 2.36 bits per heavy atom. The minimum Gasteiger partial charge on any atom is -0.388 e. The number of nitrogens with zero attached hydrogens (tertiary/aromatic N) is 1. The molecule has 114 valence electrons. The molecule has 22 heavy (non-hydrogen) atoms. The van der Waals surface area contributed by atoms with Crippen LogP contribution in [-0.2, 0) is 6.54 Å². The average molecular weight is 293 g/mol. The van der Waals surface area contributed by atoms with Crippen LogP contribution in [0, 0.1) is 0 Å². The molecule has 0 spiro atoms. The molecule has 0 fully saturated rings. The first-order valence-corrected chi connectivity index (χ1v) is 7.99. The number of hydrogen-bond donors (Lipinski definition) is 1. The summed E-state index contributed by atoms with van der Waals surface area (Å²) in [4.78, 5) is 2.46. The fourth-order valence-electron chi connectivity index (χ4n) is 3.09. The number of hydrogen-bond acceptors (Lipinski definition) is 2. The Bertz CT molecular complexity index is 594. The van der Waals surface area contributed by atoms with Crippen molar-refractivity contribution >= 4 is 0 Å². The third kappa shape index (κ3) is 3.85. The first kappa shape index (κ1) is 15.0. The minimum absolute atomic E-state index is 0.389. The van der Waals surface area contributed by atoms with E-state index in [1.54, 1.807) is 0 Å². The summed E-state index contributed by atoms with van der Waals surface area (Å²) in [5, 5.41) is 10.5. The molecule has 0 aromatic heterocycles. The van der Waals surface area contributed by atoms with Crippen molar-refractivity contribution in [1.82, 2.24) is 4.90 Å². The highest BCUT2D eigenvalue weighted by Gasteiger charge is 2.23. The van der Waals surface area contributed by atoms with Gasteiger partial charge in [-0.05, 0) is 24.0 Å². The van der Waals surface area contributed by atoms with Crippen molar-refractivity contribution in [2.75, 3.05) is 6.54 Å². The Morgan fingerprint density at radius 2 is 1.64 bits per heavy atom. The smallest absolute Gasteiger partial charge is 0.0805 e. The number of benzene rings is 2. The zero-order chi connectivity index (χ0) is 15.2. The average Bonchev–Trinajstić information content (AvgIpc) is 2.58. The molecule has 0 unspecified atom stereocenters. The zero-order valence-electron chi connectivity index (χ0n) is 12.8. The zero-order valence-corrected chi connectivity index (χ0v) is 12.8. The molecule has 1 heterocycles. The molecule has 1 N–H and O–H groups in total. The van der Waals surface area contributed by atoms with E-state index in [1.807, 2.05) is 30.3 Å². The molecule has 2 aromatic carbocycles. The fraction of sp³-hybridized carbons (Fsp3) is 0.300. The Hall–Kier alpha value is -1.90. The van der Waals surface area contributed by atoms with Crippen LogP contribution in [-0.4, -0.2) is 22.6 Å². The molecule has 0 bridgehead atoms. The number of aliphatic hydroxyl groups excluding tert-OH is 1. The van der Waals surface area contributed by atoms with Gasteiger partial charge in [-0.25, -0.2) is 0 Å². The molecule has 0 amide bonds. The van der Waals surface area contributed by atoms with Gasteiger partial charge in [0, 0.05) is 19.1 Å². The van der Waals surface area contributed by atoms with Crippen molar-refractivity contribution in [2.45, 2.75) is 31.5 Å². The lowest BCUT2D eigenvalue weighted by atomic mass is 9.96. The first-order chi connectivity index (χ1) is 10.8. The molecule has 0 saturated carbocycles. The summed E-state index contributed by atoms with van der Waals surface area (Å²) >= 11 is 0. The lowest BCUT2D eigenvalue weighted by molar-refractivity contribution is 0.100. The Labute approximate surface area is 132 Å². The standard InChI is InChI=1S/C20H23NO/c22-20(18-11-5-2-6-12-18)15-19-13-7-8-14-21(19)16-17-9-3-1-4-10-17/h1-12,19-20,22H,13-16H2/t19-,20+/m0/s1. The van der Waals surface area contributed by atoms with Crippen molar-refractivity contribution in [1.29, 1.82) is 0 Å². The van der Waals surface area contributed by atoms with Crippen LogP contribution in [0.25, 0.3) is 0 Å². The predicted molar refractivity (Wildman–Crippen MR) is 90.4 cm³/mol. The van der Waals surface area contributed by atoms with Crippen LogP contribution in [0.3, 0.4) is 0 Å². The molecule has 0 radical (unpaired) electrons. The molecule has 0 saturated heterocycles. The predicted octanol–water partition coefficient (Wildman–Crippen LogP) is 3.94. The van der Waals surface area contributed by atoms with Crippen LogP contribution in [0.1, 0.15) is 30.1 Å². The van der Waals surface area contributed by atoms with Crippen LogP contribution in [0.15, 0.2) is 72.8 Å². The van der Waals surface area contributed by atoms with Gasteiger partial charge in [0.05, 0.1) is 6.10 Å². The van der Waals surface area contributed by atoms with Crippen LogP contribution in [0.2, 0.25) is 0 Å². The van der Waals surface area contributed by atoms with Crippen molar-refractivity contribution in [2.24, 2.45) is 0 Å². The highest BCUT2D eigenvalue weighted by Crippen LogP contribution is 2.25. The van der Waals surface area contributed by atoms with Crippen LogP contribution in [0.5, 0.6) is 0 Å². The summed E-state index contributed by atoms with van der Waals surface area (Å²) in [5.41, 5.74) is 2.34. The van der Waals surface area contributed by atoms with Crippen molar-refractivity contribution in [3.05, 3.63) is 83.9 Å². The van der Waals surface area contributed by atoms with Gasteiger partial charge in [0.15, 0.2) is 0 Å². The van der Waals surface area contributed by atoms with E-state index < -0.39 is 6.10 Å². The fourth-order valence-corrected chi connectivity index (χ4v) is 3.09. The van der Waals surface area contributed by atoms with Gasteiger partial charge in [0.2, 0.25) is 0 Å². The van der Waals surface area contributed by atoms with E-state index in [-0.39, 0.29) is 0 Å². The van der Waals surface area contributed by atoms with Gasteiger partial charge >= 0.3 is 0 Å². The largest absolute Gasteiger partial charge is 0.388 e. The molecule has 1 aliphatic rings. The topological polar surface area (TPSA) is 23.5 Å². The summed E-state index contributed by atoms with van der Waals surface area (Å²) in [5.74, 6) is 0. The number of rotatable bonds is 5. The van der Waals surface area contributed by atoms with Gasteiger partial charge in [-0.15, -0.1) is 0 Å². The third-order valence-electron chi connectivity index (χ3n) is 4.34. The monoisotopic (exact) mass is 293 g/mol. The maximum atomic E-state index is 10.5. The molecule has 0 aliphatic carbocycles. The van der Waals surface area contributed by atoms with Crippen LogP contribution >= 0.6 is 0 Å². The second kappa shape index (κ2) is 7.39. The van der Waals surface area contributed by atoms with E-state index in [0.717, 1.165) is 31.5 Å². The summed E-state index contributed by atoms with van der Waals surface area (Å²) < 4.78 is 0. The van der Waals surface area contributed by atoms with Gasteiger partial charge in [-0.3, -0.25) is 4.90 Å². The van der Waals surface area contributed by atoms with E-state index >= 15 is 0 Å². The van der Waals surface area contributed by atoms with Crippen molar-refractivity contribution in [3.8, 4) is 0 Å². The Kier molecular flexibility index (Phi) is 5.04. The van der Waals surface area contributed by atoms with E-state index in [1.165, 1.54) is 5.56 Å². The van der Waals surface area contributed by atoms with Crippen molar-refractivity contribution < 1.29 is 5.11 Å². The van der Waals surface area contributed by atoms with Crippen LogP contribution in [0.4, 0.5) is 0 Å². The SMILES string of the molecule is O[C@H](C[C@@H]1CC=CCN1Cc1ccccc1)c1ccccc1. The molecule has 2 aromatic rings. The first-order valence-electron chi connectivity index (χ1n) is 7.99. The lowest BCUT2D eigenvalue weighted by Gasteiger charge is -2.34. The molecular weight excluding hydrogens is 270 g/mol. The molecule has 3 rings (SSSR count). The van der Waals surface area contributed by atoms with Gasteiger partial charge in [-0.2, -0.15) is 0 Å². The van der Waals surface area contributed by atoms with E-state index in [2.05, 4.69) is 47.4 Å². The molecule has 2 atom stereocenters. The van der Waals surface area contributed by atoms with Gasteiger partial charge in [-0.1, -0.05) is 72.8 Å². The summed E-state index contributed by atoms with van der Waals surface area (Å²) in [6.45, 7) is 1.90. The maximum Gasteiger partial charge on any atom is 0.0805 e. The molecule has 2 nitrogen and oxygen atoms in total. The van der Waals surface area contributed by atoms with Gasteiger partial charge in [0.25, 0.3) is 0 Å². The Balaban J connectivity index is 1.67. The number of aliphatic hydroxyl groups is 1. The summed E-state index contributed by atoms with van der Waals surface area (Å²) in [6.07, 6.45) is 5.87. The van der Waals surface area contributed by atoms with Gasteiger partial charge in [0.1, 0.15) is 0 Å². The summed E-state index contributed by atoms with van der Waals surface area (Å²) in [7, 11) is 0. The second-order valence-electron chi connectivity index (χ2n) is 5.94. The Morgan fingerprint density at radius 1 is 0.955 bits per heavy atom. The minimum atomic E-state index is -0.393. The lowest BCUT2D eigenvalue weighted by Crippen LogP contribution is -2.38. The van der Waals surface area contributed by atoms with E-state index in [4.69, 9.17) is 0 Å². The van der Waals surface area contributed by atoms with Gasteiger partial charge < -0.3 is 5.11 Å². The van der Waals surface area contributed by atoms with Crippen LogP contribution < -0.4 is 0 Å². The molecular formula is C20H23NO. The normalized spacial score (nSPS) is 20.0. The van der Waals surface area contributed by atoms with E-state index in [0.29, 0.717) is 6.04 Å². The highest BCUT2D eigenvalue weighted by atomic mass is 16.3. The third-order valence-corrected chi connectivity index (χ3v) is 4.34. The quantitative estimate of drug-likeness (QED) is 0.844. The maximum absolute atomic E-state index is 10.5. The molecule has 2 heteroatoms. The molecule has 1 aliphatic heterocycles. The highest BCUT2D eigenvalue weighted by molar-refractivity contribution is 5.18. The van der Waals surface area contributed by atoms with Crippen molar-refractivity contribution in [3.63, 3.8) is 0 Å². The van der Waals surface area contributed by atoms with E-state index in [9.17, 15) is 5.11 Å². The second-order valence-corrected chi connectivity index (χ2v) is 5.94.